The van der Waals surface area contributed by atoms with Crippen molar-refractivity contribution >= 4 is 56.6 Å². The van der Waals surface area contributed by atoms with E-state index in [9.17, 15) is 29.6 Å². The third-order valence-electron chi connectivity index (χ3n) is 11.3. The van der Waals surface area contributed by atoms with Crippen molar-refractivity contribution in [1.29, 1.82) is 0 Å². The number of phenolic OH excluding ortho intramolecular Hbond substituents is 1. The maximum atomic E-state index is 15.3. The molecule has 2 aliphatic heterocycles. The topological polar surface area (TPSA) is 159 Å². The van der Waals surface area contributed by atoms with Crippen LogP contribution in [0.25, 0.3) is 0 Å². The number of nitrogens with one attached hydrogen (secondary N) is 1. The van der Waals surface area contributed by atoms with Crippen LogP contribution in [0.5, 0.6) is 11.5 Å². The Kier molecular flexibility index (Phi) is 8.21. The van der Waals surface area contributed by atoms with Crippen LogP contribution in [0, 0.1) is 40.7 Å². The Morgan fingerprint density at radius 3 is 2.28 bits per heavy atom. The van der Waals surface area contributed by atoms with Crippen LogP contribution in [0.1, 0.15) is 35.4 Å². The van der Waals surface area contributed by atoms with Gasteiger partial charge in [-0.2, -0.15) is 5.01 Å². The summed E-state index contributed by atoms with van der Waals surface area (Å²) in [5.41, 5.74) is 5.07. The first-order valence-corrected chi connectivity index (χ1v) is 17.9. The van der Waals surface area contributed by atoms with Crippen LogP contribution in [0.15, 0.2) is 107 Å². The highest BCUT2D eigenvalue weighted by Gasteiger charge is 2.70. The van der Waals surface area contributed by atoms with E-state index >= 15 is 4.79 Å². The number of phenols is 1. The first-order valence-electron chi connectivity index (χ1n) is 17.1. The highest BCUT2D eigenvalue weighted by molar-refractivity contribution is 9.10. The van der Waals surface area contributed by atoms with Crippen molar-refractivity contribution in [3.63, 3.8) is 0 Å². The number of hydrazine groups is 1. The number of fused-ring (bicyclic) bond motifs is 4. The predicted octanol–water partition coefficient (Wildman–Crippen LogP) is 6.57. The van der Waals surface area contributed by atoms with E-state index in [1.807, 2.05) is 55.5 Å². The normalized spacial score (nSPS) is 26.2. The van der Waals surface area contributed by atoms with Crippen LogP contribution in [-0.2, 0) is 24.6 Å². The van der Waals surface area contributed by atoms with Gasteiger partial charge in [0.2, 0.25) is 11.8 Å². The number of anilines is 2. The number of nitro groups is 1. The maximum absolute atomic E-state index is 15.3. The Labute approximate surface area is 312 Å². The summed E-state index contributed by atoms with van der Waals surface area (Å²) >= 11 is 3.47. The number of amides is 4. The Morgan fingerprint density at radius 1 is 0.925 bits per heavy atom. The van der Waals surface area contributed by atoms with Crippen molar-refractivity contribution in [3.05, 3.63) is 134 Å². The number of nitrogens with zero attached hydrogens (tertiary/aromatic N) is 3. The second-order valence-electron chi connectivity index (χ2n) is 13.9. The first-order chi connectivity index (χ1) is 25.5. The second kappa shape index (κ2) is 12.7. The number of halogens is 1. The molecule has 268 valence electrons. The molecular weight excluding hydrogens is 744 g/mol. The van der Waals surface area contributed by atoms with E-state index in [0.29, 0.717) is 21.3 Å². The molecule has 0 radical (unpaired) electrons. The lowest BCUT2D eigenvalue weighted by Gasteiger charge is -2.50. The quantitative estimate of drug-likeness (QED) is 0.0917. The molecule has 0 aromatic heterocycles. The van der Waals surface area contributed by atoms with Crippen LogP contribution in [0.4, 0.5) is 17.1 Å². The number of allylic oxidation sites excluding steroid dienone is 2. The molecule has 1 saturated carbocycles. The molecule has 3 fully saturated rings. The third-order valence-corrected chi connectivity index (χ3v) is 11.9. The number of aromatic hydroxyl groups is 1. The van der Waals surface area contributed by atoms with E-state index in [0.717, 1.165) is 21.0 Å². The molecule has 0 unspecified atom stereocenters. The summed E-state index contributed by atoms with van der Waals surface area (Å²) in [5.74, 6) is -5.88. The molecule has 4 aromatic carbocycles. The number of carbonyl (C=O) groups is 4. The Balaban J connectivity index is 1.32. The molecule has 2 saturated heterocycles. The molecule has 8 rings (SSSR count). The van der Waals surface area contributed by atoms with Gasteiger partial charge in [0.25, 0.3) is 17.5 Å². The molecular formula is C40H33BrN4O8. The molecule has 6 atom stereocenters. The van der Waals surface area contributed by atoms with Crippen LogP contribution in [0.3, 0.4) is 0 Å². The highest BCUT2D eigenvalue weighted by Crippen LogP contribution is 2.64. The van der Waals surface area contributed by atoms with E-state index in [4.69, 9.17) is 4.74 Å². The van der Waals surface area contributed by atoms with Crippen molar-refractivity contribution in [1.82, 2.24) is 5.01 Å². The summed E-state index contributed by atoms with van der Waals surface area (Å²) in [7, 11) is 1.42. The fourth-order valence-electron chi connectivity index (χ4n) is 9.02. The average molecular weight is 778 g/mol. The number of benzene rings is 4. The Morgan fingerprint density at radius 2 is 1.62 bits per heavy atom. The number of nitro benzene ring substituents is 1. The molecule has 0 bridgehead atoms. The SMILES string of the molecule is COc1cc([C@H]2C3=CC[C@@H]4C(=O)N(c5ccc([N+](=O)[O-])cc5)C(=O)[C@@H]4[C@@H]3C[C@H]3C(=O)N(Nc4ccc(C)cc4)C(=O)[C@@]23c2ccccc2)cc(Br)c1O. The van der Waals surface area contributed by atoms with Gasteiger partial charge < -0.3 is 9.84 Å². The molecule has 4 amide bonds. The summed E-state index contributed by atoms with van der Waals surface area (Å²) in [5, 5.41) is 23.3. The standard InChI is InChI=1S/C40H33BrN4O8/c1-21-8-10-24(11-9-21)42-44-37(48)30-20-29-27(16-17-28-33(29)38(49)43(36(28)47)25-12-14-26(15-13-25)45(51)52)34(22-18-31(41)35(46)32(19-22)53-2)40(30,39(44)50)23-6-4-3-5-7-23/h3-16,18-19,28-30,33-34,42,46H,17,20H2,1-2H3/t28-,29+,30-,33-,34-,40+/m0/s1. The minimum atomic E-state index is -1.50. The van der Waals surface area contributed by atoms with E-state index in [1.165, 1.54) is 31.4 Å². The Bertz CT molecular complexity index is 2240. The van der Waals surface area contributed by atoms with Gasteiger partial charge in [0.15, 0.2) is 11.5 Å². The molecule has 2 heterocycles. The van der Waals surface area contributed by atoms with Crippen LogP contribution < -0.4 is 15.1 Å². The van der Waals surface area contributed by atoms with Gasteiger partial charge in [-0.25, -0.2) is 0 Å². The average Bonchev–Trinajstić information content (AvgIpc) is 3.54. The van der Waals surface area contributed by atoms with Gasteiger partial charge in [0, 0.05) is 18.1 Å². The van der Waals surface area contributed by atoms with Crippen molar-refractivity contribution in [2.75, 3.05) is 17.4 Å². The maximum Gasteiger partial charge on any atom is 0.269 e. The zero-order chi connectivity index (χ0) is 37.3. The predicted molar refractivity (Wildman–Crippen MR) is 197 cm³/mol. The lowest BCUT2D eigenvalue weighted by molar-refractivity contribution is -0.384. The van der Waals surface area contributed by atoms with E-state index in [2.05, 4.69) is 21.4 Å². The van der Waals surface area contributed by atoms with Crippen LogP contribution in [-0.4, -0.2) is 45.8 Å². The van der Waals surface area contributed by atoms with Gasteiger partial charge >= 0.3 is 0 Å². The van der Waals surface area contributed by atoms with Gasteiger partial charge in [0.1, 0.15) is 0 Å². The van der Waals surface area contributed by atoms with Crippen molar-refractivity contribution in [2.45, 2.75) is 31.1 Å². The number of aryl methyl sites for hydroxylation is 1. The molecule has 2 N–H and O–H groups in total. The number of rotatable bonds is 7. The van der Waals surface area contributed by atoms with Crippen molar-refractivity contribution < 1.29 is 33.9 Å². The molecule has 12 nitrogen and oxygen atoms in total. The molecule has 2 aliphatic carbocycles. The Hall–Kier alpha value is -5.82. The number of ether oxygens (including phenoxy) is 1. The number of imide groups is 2. The van der Waals surface area contributed by atoms with Gasteiger partial charge in [0.05, 0.1) is 51.0 Å². The van der Waals surface area contributed by atoms with E-state index in [-0.39, 0.29) is 35.7 Å². The fourth-order valence-corrected chi connectivity index (χ4v) is 9.48. The van der Waals surface area contributed by atoms with Gasteiger partial charge in [-0.05, 0) is 89.1 Å². The second-order valence-corrected chi connectivity index (χ2v) is 14.8. The fraction of sp³-hybridized carbons (Fsp3) is 0.250. The summed E-state index contributed by atoms with van der Waals surface area (Å²) in [6, 6.07) is 25.1. The molecule has 13 heteroatoms. The van der Waals surface area contributed by atoms with Gasteiger partial charge in [-0.3, -0.25) is 39.6 Å². The van der Waals surface area contributed by atoms with Crippen molar-refractivity contribution in [3.8, 4) is 11.5 Å². The van der Waals surface area contributed by atoms with Crippen molar-refractivity contribution in [2.24, 2.45) is 23.7 Å². The molecule has 53 heavy (non-hydrogen) atoms. The number of hydrogen-bond donors (Lipinski definition) is 2. The summed E-state index contributed by atoms with van der Waals surface area (Å²) in [4.78, 5) is 70.5. The number of carbonyl (C=O) groups excluding carboxylic acids is 4. The third kappa shape index (κ3) is 5.08. The molecule has 4 aliphatic rings. The summed E-state index contributed by atoms with van der Waals surface area (Å²) < 4.78 is 5.88. The molecule has 0 spiro atoms. The highest BCUT2D eigenvalue weighted by atomic mass is 79.9. The van der Waals surface area contributed by atoms with Crippen LogP contribution in [0.2, 0.25) is 0 Å². The first kappa shape index (κ1) is 34.3. The van der Waals surface area contributed by atoms with Gasteiger partial charge in [-0.15, -0.1) is 0 Å². The van der Waals surface area contributed by atoms with E-state index in [1.54, 1.807) is 24.3 Å². The minimum Gasteiger partial charge on any atom is -0.503 e. The minimum absolute atomic E-state index is 0.0958. The number of non-ortho nitro benzene ring substituents is 1. The summed E-state index contributed by atoms with van der Waals surface area (Å²) in [6.07, 6.45) is 2.22. The van der Waals surface area contributed by atoms with Gasteiger partial charge in [-0.1, -0.05) is 59.7 Å². The molecule has 4 aromatic rings. The monoisotopic (exact) mass is 776 g/mol. The van der Waals surface area contributed by atoms with Crippen LogP contribution >= 0.6 is 15.9 Å². The zero-order valence-corrected chi connectivity index (χ0v) is 30.1. The van der Waals surface area contributed by atoms with E-state index < -0.39 is 63.6 Å². The lowest BCUT2D eigenvalue weighted by atomic mass is 9.49. The summed E-state index contributed by atoms with van der Waals surface area (Å²) in [6.45, 7) is 1.93. The smallest absolute Gasteiger partial charge is 0.269 e. The largest absolute Gasteiger partial charge is 0.503 e. The number of hydrogen-bond acceptors (Lipinski definition) is 9. The number of methoxy groups -OCH3 is 1. The lowest BCUT2D eigenvalue weighted by Crippen LogP contribution is -2.53. The zero-order valence-electron chi connectivity index (χ0n) is 28.6.